The van der Waals surface area contributed by atoms with Crippen molar-refractivity contribution in [1.29, 1.82) is 0 Å². The Kier molecular flexibility index (Phi) is 5.95. The maximum absolute atomic E-state index is 9.93. The van der Waals surface area contributed by atoms with Crippen LogP contribution in [0.2, 0.25) is 5.02 Å². The van der Waals surface area contributed by atoms with Crippen molar-refractivity contribution in [3.63, 3.8) is 0 Å². The fourth-order valence-electron chi connectivity index (χ4n) is 1.51. The van der Waals surface area contributed by atoms with Gasteiger partial charge in [0, 0.05) is 35.0 Å². The van der Waals surface area contributed by atoms with Crippen LogP contribution in [0.4, 0.5) is 0 Å². The number of halogens is 1. The first-order valence-electron chi connectivity index (χ1n) is 5.36. The number of aromatic hydroxyl groups is 1. The Morgan fingerprint density at radius 1 is 1.53 bits per heavy atom. The molecule has 1 unspecified atom stereocenters. The van der Waals surface area contributed by atoms with Crippen LogP contribution in [0.1, 0.15) is 12.5 Å². The molecule has 0 spiro atoms. The van der Waals surface area contributed by atoms with Gasteiger partial charge in [-0.05, 0) is 19.2 Å². The highest BCUT2D eigenvalue weighted by atomic mass is 35.5. The normalized spacial score (nSPS) is 12.5. The number of benzene rings is 1. The lowest BCUT2D eigenvalue weighted by molar-refractivity contribution is 0.369. The molecule has 0 aliphatic heterocycles. The van der Waals surface area contributed by atoms with Crippen LogP contribution >= 0.6 is 23.4 Å². The summed E-state index contributed by atoms with van der Waals surface area (Å²) in [5.74, 6) is 1.59. The summed E-state index contributed by atoms with van der Waals surface area (Å²) >= 11 is 7.74. The van der Waals surface area contributed by atoms with Gasteiger partial charge in [0.15, 0.2) is 11.5 Å². The molecule has 0 heterocycles. The highest BCUT2D eigenvalue weighted by molar-refractivity contribution is 7.98. The van der Waals surface area contributed by atoms with E-state index >= 15 is 0 Å². The van der Waals surface area contributed by atoms with Crippen molar-refractivity contribution in [1.82, 2.24) is 5.32 Å². The van der Waals surface area contributed by atoms with Crippen LogP contribution < -0.4 is 10.1 Å². The van der Waals surface area contributed by atoms with E-state index in [0.717, 1.165) is 11.3 Å². The van der Waals surface area contributed by atoms with Gasteiger partial charge < -0.3 is 15.2 Å². The number of thioether (sulfide) groups is 1. The summed E-state index contributed by atoms with van der Waals surface area (Å²) in [7, 11) is 1.51. The Balaban J connectivity index is 2.73. The predicted octanol–water partition coefficient (Wildman–Crippen LogP) is 2.90. The lowest BCUT2D eigenvalue weighted by atomic mass is 10.1. The number of phenols is 1. The Morgan fingerprint density at radius 3 is 2.82 bits per heavy atom. The molecule has 0 fully saturated rings. The minimum atomic E-state index is 0.153. The fourth-order valence-corrected chi connectivity index (χ4v) is 2.36. The Bertz CT molecular complexity index is 374. The summed E-state index contributed by atoms with van der Waals surface area (Å²) < 4.78 is 5.05. The molecule has 5 heteroatoms. The van der Waals surface area contributed by atoms with E-state index in [1.54, 1.807) is 23.9 Å². The first-order chi connectivity index (χ1) is 8.08. The maximum Gasteiger partial charge on any atom is 0.162 e. The van der Waals surface area contributed by atoms with Gasteiger partial charge in [-0.2, -0.15) is 11.8 Å². The van der Waals surface area contributed by atoms with Crippen molar-refractivity contribution in [2.75, 3.05) is 19.1 Å². The highest BCUT2D eigenvalue weighted by Crippen LogP contribution is 2.33. The molecule has 0 saturated carbocycles. The Morgan fingerprint density at radius 2 is 2.24 bits per heavy atom. The minimum absolute atomic E-state index is 0.153. The van der Waals surface area contributed by atoms with Crippen LogP contribution in [0.5, 0.6) is 11.5 Å². The Labute approximate surface area is 112 Å². The standard InChI is InChI=1S/C12H18ClNO2S/c1-8(7-17-3)14-6-9-4-10(13)5-11(16-2)12(9)15/h4-5,8,14-15H,6-7H2,1-3H3. The molecule has 0 amide bonds. The van der Waals surface area contributed by atoms with Crippen LogP contribution in [0, 0.1) is 0 Å². The molecule has 0 aliphatic rings. The lowest BCUT2D eigenvalue weighted by Crippen LogP contribution is -2.27. The highest BCUT2D eigenvalue weighted by Gasteiger charge is 2.10. The second kappa shape index (κ2) is 6.99. The quantitative estimate of drug-likeness (QED) is 0.838. The van der Waals surface area contributed by atoms with Gasteiger partial charge in [0.1, 0.15) is 0 Å². The summed E-state index contributed by atoms with van der Waals surface area (Å²) in [6.07, 6.45) is 2.07. The van der Waals surface area contributed by atoms with E-state index in [-0.39, 0.29) is 5.75 Å². The van der Waals surface area contributed by atoms with Gasteiger partial charge >= 0.3 is 0 Å². The molecule has 17 heavy (non-hydrogen) atoms. The molecule has 0 radical (unpaired) electrons. The molecule has 1 atom stereocenters. The van der Waals surface area contributed by atoms with E-state index in [0.29, 0.717) is 23.4 Å². The van der Waals surface area contributed by atoms with Crippen molar-refractivity contribution in [3.05, 3.63) is 22.7 Å². The van der Waals surface area contributed by atoms with Gasteiger partial charge in [0.25, 0.3) is 0 Å². The summed E-state index contributed by atoms with van der Waals surface area (Å²) in [5.41, 5.74) is 0.752. The zero-order valence-corrected chi connectivity index (χ0v) is 11.9. The summed E-state index contributed by atoms with van der Waals surface area (Å²) in [5, 5.41) is 13.8. The summed E-state index contributed by atoms with van der Waals surface area (Å²) in [6, 6.07) is 3.73. The Hall–Kier alpha value is -0.580. The second-order valence-electron chi connectivity index (χ2n) is 3.85. The third-order valence-electron chi connectivity index (χ3n) is 2.40. The third-order valence-corrected chi connectivity index (χ3v) is 3.45. The molecular weight excluding hydrogens is 258 g/mol. The molecule has 3 nitrogen and oxygen atoms in total. The van der Waals surface area contributed by atoms with E-state index in [1.807, 2.05) is 0 Å². The largest absolute Gasteiger partial charge is 0.504 e. The van der Waals surface area contributed by atoms with Crippen molar-refractivity contribution in [2.45, 2.75) is 19.5 Å². The van der Waals surface area contributed by atoms with E-state index in [9.17, 15) is 5.11 Å². The summed E-state index contributed by atoms with van der Waals surface area (Å²) in [4.78, 5) is 0. The molecule has 0 aromatic heterocycles. The molecule has 96 valence electrons. The van der Waals surface area contributed by atoms with Crippen LogP contribution in [-0.2, 0) is 6.54 Å². The van der Waals surface area contributed by atoms with E-state index < -0.39 is 0 Å². The number of methoxy groups -OCH3 is 1. The van der Waals surface area contributed by atoms with Gasteiger partial charge in [-0.15, -0.1) is 0 Å². The third kappa shape index (κ3) is 4.30. The van der Waals surface area contributed by atoms with Gasteiger partial charge in [0.05, 0.1) is 7.11 Å². The first kappa shape index (κ1) is 14.5. The first-order valence-corrected chi connectivity index (χ1v) is 7.13. The molecule has 2 N–H and O–H groups in total. The lowest BCUT2D eigenvalue weighted by Gasteiger charge is -2.14. The molecule has 1 rings (SSSR count). The number of ether oxygens (including phenoxy) is 1. The summed E-state index contributed by atoms with van der Waals surface area (Å²) in [6.45, 7) is 2.68. The van der Waals surface area contributed by atoms with Crippen LogP contribution in [0.25, 0.3) is 0 Å². The fraction of sp³-hybridized carbons (Fsp3) is 0.500. The maximum atomic E-state index is 9.93. The average Bonchev–Trinajstić information content (AvgIpc) is 2.30. The second-order valence-corrected chi connectivity index (χ2v) is 5.20. The zero-order valence-electron chi connectivity index (χ0n) is 10.3. The average molecular weight is 276 g/mol. The van der Waals surface area contributed by atoms with Gasteiger partial charge in [-0.3, -0.25) is 0 Å². The molecule has 0 aliphatic carbocycles. The SMILES string of the molecule is COc1cc(Cl)cc(CNC(C)CSC)c1O. The van der Waals surface area contributed by atoms with Crippen LogP contribution in [0.15, 0.2) is 12.1 Å². The molecule has 0 saturated heterocycles. The molecule has 0 bridgehead atoms. The van der Waals surface area contributed by atoms with Crippen LogP contribution in [0.3, 0.4) is 0 Å². The van der Waals surface area contributed by atoms with Gasteiger partial charge in [-0.1, -0.05) is 11.6 Å². The van der Waals surface area contributed by atoms with Crippen molar-refractivity contribution in [3.8, 4) is 11.5 Å². The van der Waals surface area contributed by atoms with E-state index in [4.69, 9.17) is 16.3 Å². The number of rotatable bonds is 6. The number of hydrogen-bond donors (Lipinski definition) is 2. The monoisotopic (exact) mass is 275 g/mol. The molecular formula is C12H18ClNO2S. The minimum Gasteiger partial charge on any atom is -0.504 e. The van der Waals surface area contributed by atoms with Gasteiger partial charge in [0.2, 0.25) is 0 Å². The zero-order chi connectivity index (χ0) is 12.8. The van der Waals surface area contributed by atoms with Crippen molar-refractivity contribution in [2.24, 2.45) is 0 Å². The molecule has 1 aromatic rings. The predicted molar refractivity (Wildman–Crippen MR) is 74.4 cm³/mol. The van der Waals surface area contributed by atoms with Gasteiger partial charge in [-0.25, -0.2) is 0 Å². The van der Waals surface area contributed by atoms with Crippen molar-refractivity contribution < 1.29 is 9.84 Å². The number of nitrogens with one attached hydrogen (secondary N) is 1. The molecule has 1 aromatic carbocycles. The topological polar surface area (TPSA) is 41.5 Å². The van der Waals surface area contributed by atoms with E-state index in [2.05, 4.69) is 18.5 Å². The number of hydrogen-bond acceptors (Lipinski definition) is 4. The van der Waals surface area contributed by atoms with E-state index in [1.165, 1.54) is 7.11 Å². The van der Waals surface area contributed by atoms with Crippen LogP contribution in [-0.4, -0.2) is 30.3 Å². The number of phenolic OH excluding ortho intramolecular Hbond substituents is 1. The smallest absolute Gasteiger partial charge is 0.162 e. The van der Waals surface area contributed by atoms with Crippen molar-refractivity contribution >= 4 is 23.4 Å².